The van der Waals surface area contributed by atoms with E-state index in [2.05, 4.69) is 35.2 Å². The molecule has 3 rings (SSSR count). The third kappa shape index (κ3) is 3.10. The molecule has 92 valence electrons. The van der Waals surface area contributed by atoms with E-state index in [0.717, 1.165) is 11.8 Å². The first-order chi connectivity index (χ1) is 8.42. The quantitative estimate of drug-likeness (QED) is 0.765. The summed E-state index contributed by atoms with van der Waals surface area (Å²) < 4.78 is 0. The molecule has 1 heterocycles. The highest BCUT2D eigenvalue weighted by atomic mass is 15.1. The lowest BCUT2D eigenvalue weighted by Crippen LogP contribution is -2.31. The smallest absolute Gasteiger partial charge is 0.00125 e. The van der Waals surface area contributed by atoms with Crippen LogP contribution in [0.1, 0.15) is 31.2 Å². The maximum Gasteiger partial charge on any atom is 0.00125 e. The minimum atomic E-state index is 0.972. The molecule has 2 fully saturated rings. The molecule has 1 aliphatic heterocycles. The minimum absolute atomic E-state index is 0.972. The van der Waals surface area contributed by atoms with Gasteiger partial charge in [-0.05, 0) is 56.2 Å². The molecule has 1 aliphatic carbocycles. The van der Waals surface area contributed by atoms with Gasteiger partial charge in [-0.1, -0.05) is 36.8 Å². The molecule has 1 aromatic rings. The van der Waals surface area contributed by atoms with Gasteiger partial charge in [-0.2, -0.15) is 0 Å². The second-order valence-electron chi connectivity index (χ2n) is 5.81. The standard InChI is InChI=1S/C16H23N/c1-3-7-14(8-4-1)11-15-12-16(15)13-17-9-5-2-6-10-17/h1,3-4,7-8,15-16H,2,5-6,9-13H2. The lowest BCUT2D eigenvalue weighted by Gasteiger charge is -2.26. The summed E-state index contributed by atoms with van der Waals surface area (Å²) in [6.45, 7) is 4.08. The molecule has 1 nitrogen and oxygen atoms in total. The first-order valence-electron chi connectivity index (χ1n) is 7.18. The molecule has 0 aromatic heterocycles. The van der Waals surface area contributed by atoms with E-state index in [9.17, 15) is 0 Å². The maximum atomic E-state index is 2.69. The number of hydrogen-bond donors (Lipinski definition) is 0. The summed E-state index contributed by atoms with van der Waals surface area (Å²) in [4.78, 5) is 2.69. The molecule has 2 aliphatic rings. The topological polar surface area (TPSA) is 3.24 Å². The number of hydrogen-bond acceptors (Lipinski definition) is 1. The molecule has 1 saturated heterocycles. The second-order valence-corrected chi connectivity index (χ2v) is 5.81. The van der Waals surface area contributed by atoms with Crippen molar-refractivity contribution >= 4 is 0 Å². The van der Waals surface area contributed by atoms with Crippen molar-refractivity contribution in [2.45, 2.75) is 32.1 Å². The molecular weight excluding hydrogens is 206 g/mol. The van der Waals surface area contributed by atoms with E-state index in [1.54, 1.807) is 0 Å². The average molecular weight is 229 g/mol. The highest BCUT2D eigenvalue weighted by molar-refractivity contribution is 5.16. The Balaban J connectivity index is 1.44. The molecule has 0 bridgehead atoms. The molecule has 0 radical (unpaired) electrons. The van der Waals surface area contributed by atoms with Crippen molar-refractivity contribution in [2.75, 3.05) is 19.6 Å². The zero-order chi connectivity index (χ0) is 11.5. The summed E-state index contributed by atoms with van der Waals surface area (Å²) in [6, 6.07) is 11.0. The molecule has 0 spiro atoms. The van der Waals surface area contributed by atoms with Crippen LogP contribution in [0.4, 0.5) is 0 Å². The number of nitrogens with zero attached hydrogens (tertiary/aromatic N) is 1. The van der Waals surface area contributed by atoms with Crippen molar-refractivity contribution in [3.8, 4) is 0 Å². The molecule has 2 unspecified atom stereocenters. The fourth-order valence-electron chi connectivity index (χ4n) is 3.17. The summed E-state index contributed by atoms with van der Waals surface area (Å²) in [5.41, 5.74) is 1.53. The van der Waals surface area contributed by atoms with Gasteiger partial charge in [0.15, 0.2) is 0 Å². The van der Waals surface area contributed by atoms with Crippen molar-refractivity contribution in [1.29, 1.82) is 0 Å². The van der Waals surface area contributed by atoms with Crippen molar-refractivity contribution in [1.82, 2.24) is 4.90 Å². The fraction of sp³-hybridized carbons (Fsp3) is 0.625. The Morgan fingerprint density at radius 3 is 2.47 bits per heavy atom. The largest absolute Gasteiger partial charge is 0.303 e. The van der Waals surface area contributed by atoms with Gasteiger partial charge >= 0.3 is 0 Å². The van der Waals surface area contributed by atoms with Crippen LogP contribution in [0, 0.1) is 11.8 Å². The number of likely N-dealkylation sites (tertiary alicyclic amines) is 1. The number of benzene rings is 1. The van der Waals surface area contributed by atoms with Crippen LogP contribution in [-0.2, 0) is 6.42 Å². The van der Waals surface area contributed by atoms with Gasteiger partial charge in [0.2, 0.25) is 0 Å². The Hall–Kier alpha value is -0.820. The van der Waals surface area contributed by atoms with Crippen LogP contribution in [0.5, 0.6) is 0 Å². The van der Waals surface area contributed by atoms with E-state index in [1.807, 2.05) is 0 Å². The Morgan fingerprint density at radius 1 is 0.941 bits per heavy atom. The molecule has 0 amide bonds. The first kappa shape index (κ1) is 11.3. The zero-order valence-electron chi connectivity index (χ0n) is 10.6. The van der Waals surface area contributed by atoms with Crippen LogP contribution in [0.15, 0.2) is 30.3 Å². The summed E-state index contributed by atoms with van der Waals surface area (Å²) in [7, 11) is 0. The normalized spacial score (nSPS) is 29.2. The summed E-state index contributed by atoms with van der Waals surface area (Å²) >= 11 is 0. The summed E-state index contributed by atoms with van der Waals surface area (Å²) in [5.74, 6) is 1.97. The van der Waals surface area contributed by atoms with Crippen LogP contribution >= 0.6 is 0 Å². The lowest BCUT2D eigenvalue weighted by atomic mass is 10.1. The van der Waals surface area contributed by atoms with Crippen molar-refractivity contribution < 1.29 is 0 Å². The van der Waals surface area contributed by atoms with Crippen LogP contribution in [0.3, 0.4) is 0 Å². The van der Waals surface area contributed by atoms with E-state index in [0.29, 0.717) is 0 Å². The number of rotatable bonds is 4. The van der Waals surface area contributed by atoms with Crippen molar-refractivity contribution in [3.63, 3.8) is 0 Å². The van der Waals surface area contributed by atoms with Gasteiger partial charge in [0.1, 0.15) is 0 Å². The van der Waals surface area contributed by atoms with Crippen LogP contribution in [-0.4, -0.2) is 24.5 Å². The average Bonchev–Trinajstić information content (AvgIpc) is 3.10. The highest BCUT2D eigenvalue weighted by Crippen LogP contribution is 2.41. The van der Waals surface area contributed by atoms with Gasteiger partial charge in [0.05, 0.1) is 0 Å². The van der Waals surface area contributed by atoms with E-state index in [4.69, 9.17) is 0 Å². The predicted octanol–water partition coefficient (Wildman–Crippen LogP) is 3.35. The minimum Gasteiger partial charge on any atom is -0.303 e. The van der Waals surface area contributed by atoms with Gasteiger partial charge in [0, 0.05) is 6.54 Å². The van der Waals surface area contributed by atoms with E-state index < -0.39 is 0 Å². The zero-order valence-corrected chi connectivity index (χ0v) is 10.6. The molecule has 1 saturated carbocycles. The van der Waals surface area contributed by atoms with Gasteiger partial charge in [0.25, 0.3) is 0 Å². The van der Waals surface area contributed by atoms with Gasteiger partial charge in [-0.25, -0.2) is 0 Å². The fourth-order valence-corrected chi connectivity index (χ4v) is 3.17. The molecule has 1 aromatic carbocycles. The molecule has 0 N–H and O–H groups in total. The molecule has 1 heteroatoms. The Kier molecular flexibility index (Phi) is 3.46. The van der Waals surface area contributed by atoms with Gasteiger partial charge < -0.3 is 4.90 Å². The third-order valence-corrected chi connectivity index (χ3v) is 4.35. The Morgan fingerprint density at radius 2 is 1.71 bits per heavy atom. The summed E-state index contributed by atoms with van der Waals surface area (Å²) in [5, 5.41) is 0. The molecular formula is C16H23N. The Bertz CT molecular complexity index is 340. The lowest BCUT2D eigenvalue weighted by molar-refractivity contribution is 0.216. The van der Waals surface area contributed by atoms with Crippen LogP contribution in [0.25, 0.3) is 0 Å². The van der Waals surface area contributed by atoms with Crippen molar-refractivity contribution in [2.24, 2.45) is 11.8 Å². The predicted molar refractivity (Wildman–Crippen MR) is 72.0 cm³/mol. The van der Waals surface area contributed by atoms with Gasteiger partial charge in [-0.15, -0.1) is 0 Å². The molecule has 17 heavy (non-hydrogen) atoms. The maximum absolute atomic E-state index is 2.69. The Labute approximate surface area is 105 Å². The number of piperidine rings is 1. The first-order valence-corrected chi connectivity index (χ1v) is 7.18. The monoisotopic (exact) mass is 229 g/mol. The third-order valence-electron chi connectivity index (χ3n) is 4.35. The van der Waals surface area contributed by atoms with Gasteiger partial charge in [-0.3, -0.25) is 0 Å². The SMILES string of the molecule is c1ccc(CC2CC2CN2CCCCC2)cc1. The van der Waals surface area contributed by atoms with Crippen LogP contribution in [0.2, 0.25) is 0 Å². The summed E-state index contributed by atoms with van der Waals surface area (Å²) in [6.07, 6.45) is 7.07. The molecule has 2 atom stereocenters. The second kappa shape index (κ2) is 5.22. The van der Waals surface area contributed by atoms with E-state index >= 15 is 0 Å². The van der Waals surface area contributed by atoms with E-state index in [1.165, 1.54) is 57.3 Å². The van der Waals surface area contributed by atoms with Crippen LogP contribution < -0.4 is 0 Å². The highest BCUT2D eigenvalue weighted by Gasteiger charge is 2.37. The van der Waals surface area contributed by atoms with Crippen molar-refractivity contribution in [3.05, 3.63) is 35.9 Å². The van der Waals surface area contributed by atoms with E-state index in [-0.39, 0.29) is 0 Å².